The zero-order valence-corrected chi connectivity index (χ0v) is 15.4. The summed E-state index contributed by atoms with van der Waals surface area (Å²) >= 11 is 0. The van der Waals surface area contributed by atoms with Gasteiger partial charge in [0.25, 0.3) is 5.91 Å². The largest absolute Gasteiger partial charge is 0.343 e. The topological polar surface area (TPSA) is 80.1 Å². The summed E-state index contributed by atoms with van der Waals surface area (Å²) in [7, 11) is 0. The maximum absolute atomic E-state index is 12.5. The van der Waals surface area contributed by atoms with Crippen molar-refractivity contribution in [2.75, 3.05) is 19.6 Å². The first-order valence-corrected chi connectivity index (χ1v) is 9.29. The molecular formula is C21H21N5O2. The van der Waals surface area contributed by atoms with Crippen LogP contribution in [0.3, 0.4) is 0 Å². The highest BCUT2D eigenvalue weighted by molar-refractivity contribution is 5.96. The average molecular weight is 375 g/mol. The molecule has 1 aliphatic heterocycles. The molecule has 7 heteroatoms. The van der Waals surface area contributed by atoms with Crippen molar-refractivity contribution < 1.29 is 9.59 Å². The zero-order chi connectivity index (χ0) is 19.3. The number of hydrogen-bond donors (Lipinski definition) is 1. The Morgan fingerprint density at radius 2 is 1.75 bits per heavy atom. The summed E-state index contributed by atoms with van der Waals surface area (Å²) < 4.78 is 1.83. The van der Waals surface area contributed by atoms with E-state index < -0.39 is 0 Å². The summed E-state index contributed by atoms with van der Waals surface area (Å²) in [5.74, 6) is -0.330. The van der Waals surface area contributed by atoms with Gasteiger partial charge in [-0.2, -0.15) is 0 Å². The molecule has 1 saturated heterocycles. The molecule has 2 heterocycles. The van der Waals surface area contributed by atoms with Crippen molar-refractivity contribution in [3.05, 3.63) is 72.4 Å². The van der Waals surface area contributed by atoms with Crippen LogP contribution < -0.4 is 5.32 Å². The maximum atomic E-state index is 12.5. The monoisotopic (exact) mass is 375 g/mol. The number of carbonyl (C=O) groups excluding carboxylic acids is 2. The third-order valence-corrected chi connectivity index (χ3v) is 4.91. The van der Waals surface area contributed by atoms with Crippen LogP contribution >= 0.6 is 0 Å². The first-order chi connectivity index (χ1) is 13.7. The molecule has 1 fully saturated rings. The average Bonchev–Trinajstić information content (AvgIpc) is 3.43. The fourth-order valence-corrected chi connectivity index (χ4v) is 3.34. The third-order valence-electron chi connectivity index (χ3n) is 4.91. The molecule has 4 rings (SSSR count). The van der Waals surface area contributed by atoms with Crippen LogP contribution in [0.4, 0.5) is 0 Å². The van der Waals surface area contributed by atoms with Crippen LogP contribution in [0.1, 0.15) is 22.8 Å². The van der Waals surface area contributed by atoms with E-state index in [0.717, 1.165) is 17.7 Å². The summed E-state index contributed by atoms with van der Waals surface area (Å²) in [4.78, 5) is 26.3. The van der Waals surface area contributed by atoms with E-state index in [2.05, 4.69) is 15.6 Å². The Morgan fingerprint density at radius 3 is 2.50 bits per heavy atom. The predicted octanol–water partition coefficient (Wildman–Crippen LogP) is 2.15. The molecule has 2 amide bonds. The molecule has 142 valence electrons. The van der Waals surface area contributed by atoms with Crippen molar-refractivity contribution in [1.29, 1.82) is 0 Å². The van der Waals surface area contributed by atoms with E-state index in [1.807, 2.05) is 47.3 Å². The molecule has 0 aliphatic carbocycles. The molecule has 7 nitrogen and oxygen atoms in total. The fraction of sp³-hybridized carbons (Fsp3) is 0.238. The minimum absolute atomic E-state index is 0.00687. The van der Waals surface area contributed by atoms with Crippen LogP contribution in [0.5, 0.6) is 0 Å². The Morgan fingerprint density at radius 1 is 1.04 bits per heavy atom. The number of hydrogen-bond acceptors (Lipinski definition) is 4. The summed E-state index contributed by atoms with van der Waals surface area (Å²) in [6, 6.07) is 18.9. The normalized spacial score (nSPS) is 16.1. The number of likely N-dealkylation sites (tertiary alicyclic amines) is 1. The molecule has 1 atom stereocenters. The van der Waals surface area contributed by atoms with Gasteiger partial charge in [-0.1, -0.05) is 53.7 Å². The second-order valence-corrected chi connectivity index (χ2v) is 6.78. The quantitative estimate of drug-likeness (QED) is 0.741. The van der Waals surface area contributed by atoms with Crippen molar-refractivity contribution in [2.45, 2.75) is 12.5 Å². The number of aromatic nitrogens is 3. The van der Waals surface area contributed by atoms with Crippen LogP contribution in [-0.2, 0) is 4.79 Å². The van der Waals surface area contributed by atoms with E-state index in [1.54, 1.807) is 29.2 Å². The van der Waals surface area contributed by atoms with Crippen LogP contribution in [0.2, 0.25) is 0 Å². The van der Waals surface area contributed by atoms with Gasteiger partial charge in [0.1, 0.15) is 5.69 Å². The first kappa shape index (κ1) is 17.9. The summed E-state index contributed by atoms with van der Waals surface area (Å²) in [5, 5.41) is 11.2. The van der Waals surface area contributed by atoms with Gasteiger partial charge in [0, 0.05) is 24.2 Å². The van der Waals surface area contributed by atoms with Crippen LogP contribution in [0.15, 0.2) is 66.9 Å². The molecule has 2 aromatic carbocycles. The van der Waals surface area contributed by atoms with Gasteiger partial charge >= 0.3 is 0 Å². The smallest absolute Gasteiger partial charge is 0.251 e. The van der Waals surface area contributed by atoms with E-state index in [-0.39, 0.29) is 24.4 Å². The van der Waals surface area contributed by atoms with Crippen molar-refractivity contribution in [1.82, 2.24) is 25.2 Å². The zero-order valence-electron chi connectivity index (χ0n) is 15.4. The van der Waals surface area contributed by atoms with E-state index in [1.165, 1.54) is 0 Å². The first-order valence-electron chi connectivity index (χ1n) is 9.29. The molecule has 0 radical (unpaired) electrons. The summed E-state index contributed by atoms with van der Waals surface area (Å²) in [6.45, 7) is 1.20. The second-order valence-electron chi connectivity index (χ2n) is 6.78. The van der Waals surface area contributed by atoms with Crippen LogP contribution in [-0.4, -0.2) is 51.3 Å². The molecule has 1 unspecified atom stereocenters. The lowest BCUT2D eigenvalue weighted by Crippen LogP contribution is -2.39. The van der Waals surface area contributed by atoms with Gasteiger partial charge in [0.05, 0.1) is 18.8 Å². The highest BCUT2D eigenvalue weighted by atomic mass is 16.2. The van der Waals surface area contributed by atoms with E-state index in [4.69, 9.17) is 0 Å². The molecule has 0 saturated carbocycles. The number of amides is 2. The molecule has 0 bridgehead atoms. The molecule has 1 N–H and O–H groups in total. The maximum Gasteiger partial charge on any atom is 0.251 e. The van der Waals surface area contributed by atoms with Crippen molar-refractivity contribution >= 4 is 11.8 Å². The van der Waals surface area contributed by atoms with Crippen molar-refractivity contribution in [3.8, 4) is 11.3 Å². The Balaban J connectivity index is 1.32. The molecule has 1 aliphatic rings. The Hall–Kier alpha value is -3.48. The number of carbonyl (C=O) groups is 2. The molecular weight excluding hydrogens is 354 g/mol. The number of nitrogens with zero attached hydrogens (tertiary/aromatic N) is 4. The van der Waals surface area contributed by atoms with Crippen molar-refractivity contribution in [2.24, 2.45) is 0 Å². The lowest BCUT2D eigenvalue weighted by molar-refractivity contribution is -0.129. The van der Waals surface area contributed by atoms with Gasteiger partial charge in [0.15, 0.2) is 0 Å². The number of rotatable bonds is 5. The van der Waals surface area contributed by atoms with Gasteiger partial charge in [-0.3, -0.25) is 9.59 Å². The number of nitrogens with one attached hydrogen (secondary N) is 1. The second kappa shape index (κ2) is 8.04. The standard InChI is InChI=1S/C21H21N5O2/c27-20(13-22-21(28)17-9-5-2-6-10-17)25-12-11-18(14-25)26-15-19(23-24-26)16-7-3-1-4-8-16/h1-10,15,18H,11-14H2,(H,22,28). The van der Waals surface area contributed by atoms with Gasteiger partial charge in [-0.05, 0) is 18.6 Å². The molecule has 28 heavy (non-hydrogen) atoms. The van der Waals surface area contributed by atoms with E-state index in [0.29, 0.717) is 18.7 Å². The van der Waals surface area contributed by atoms with E-state index in [9.17, 15) is 9.59 Å². The third kappa shape index (κ3) is 3.93. The SMILES string of the molecule is O=C(NCC(=O)N1CCC(n2cc(-c3ccccc3)nn2)C1)c1ccccc1. The summed E-state index contributed by atoms with van der Waals surface area (Å²) in [6.07, 6.45) is 2.74. The van der Waals surface area contributed by atoms with Gasteiger partial charge in [-0.25, -0.2) is 4.68 Å². The molecule has 1 aromatic heterocycles. The number of benzene rings is 2. The highest BCUT2D eigenvalue weighted by Crippen LogP contribution is 2.23. The van der Waals surface area contributed by atoms with Crippen molar-refractivity contribution in [3.63, 3.8) is 0 Å². The van der Waals surface area contributed by atoms with Gasteiger partial charge in [-0.15, -0.1) is 5.10 Å². The molecule has 0 spiro atoms. The Kier molecular flexibility index (Phi) is 5.14. The lowest BCUT2D eigenvalue weighted by Gasteiger charge is -2.17. The predicted molar refractivity (Wildman–Crippen MR) is 104 cm³/mol. The van der Waals surface area contributed by atoms with Gasteiger partial charge in [0.2, 0.25) is 5.91 Å². The van der Waals surface area contributed by atoms with E-state index >= 15 is 0 Å². The Bertz CT molecular complexity index is 955. The van der Waals surface area contributed by atoms with Crippen LogP contribution in [0, 0.1) is 0 Å². The molecule has 3 aromatic rings. The lowest BCUT2D eigenvalue weighted by atomic mass is 10.2. The highest BCUT2D eigenvalue weighted by Gasteiger charge is 2.28. The minimum atomic E-state index is -0.242. The minimum Gasteiger partial charge on any atom is -0.343 e. The van der Waals surface area contributed by atoms with Crippen LogP contribution in [0.25, 0.3) is 11.3 Å². The Labute approximate surface area is 163 Å². The summed E-state index contributed by atoms with van der Waals surface area (Å²) in [5.41, 5.74) is 2.38. The van der Waals surface area contributed by atoms with Gasteiger partial charge < -0.3 is 10.2 Å². The fourth-order valence-electron chi connectivity index (χ4n) is 3.34.